The average Bonchev–Trinajstić information content (AvgIpc) is 3.10. The van der Waals surface area contributed by atoms with Gasteiger partial charge in [0.15, 0.2) is 11.8 Å². The molecule has 28 heavy (non-hydrogen) atoms. The zero-order chi connectivity index (χ0) is 20.7. The number of nitrogens with one attached hydrogen (secondary N) is 1. The Bertz CT molecular complexity index is 769. The second-order valence-corrected chi connectivity index (χ2v) is 6.83. The molecule has 0 radical (unpaired) electrons. The van der Waals surface area contributed by atoms with Crippen molar-refractivity contribution in [1.82, 2.24) is 20.4 Å². The fraction of sp³-hybridized carbons (Fsp3) is 0.526. The number of nitrogens with zero attached hydrogens (tertiary/aromatic N) is 4. The van der Waals surface area contributed by atoms with Crippen LogP contribution in [0, 0.1) is 0 Å². The molecule has 0 unspecified atom stereocenters. The quantitative estimate of drug-likeness (QED) is 0.437. The summed E-state index contributed by atoms with van der Waals surface area (Å²) >= 11 is 0. The second-order valence-electron chi connectivity index (χ2n) is 6.83. The molecule has 0 saturated carbocycles. The van der Waals surface area contributed by atoms with Gasteiger partial charge in [-0.3, -0.25) is 4.99 Å². The molecule has 6 nitrogen and oxygen atoms in total. The van der Waals surface area contributed by atoms with E-state index in [9.17, 15) is 13.2 Å². The fourth-order valence-electron chi connectivity index (χ4n) is 2.58. The Morgan fingerprint density at radius 1 is 1.25 bits per heavy atom. The molecule has 0 fully saturated rings. The normalized spacial score (nSPS) is 12.5. The first-order valence-electron chi connectivity index (χ1n) is 9.11. The number of guanidine groups is 1. The van der Waals surface area contributed by atoms with Crippen LogP contribution in [-0.4, -0.2) is 41.6 Å². The van der Waals surface area contributed by atoms with E-state index in [0.29, 0.717) is 37.2 Å². The van der Waals surface area contributed by atoms with Crippen LogP contribution in [0.15, 0.2) is 33.8 Å². The lowest BCUT2D eigenvalue weighted by molar-refractivity contribution is -0.137. The zero-order valence-electron chi connectivity index (χ0n) is 16.5. The third kappa shape index (κ3) is 6.24. The minimum absolute atomic E-state index is 0.230. The van der Waals surface area contributed by atoms with Gasteiger partial charge in [0.05, 0.1) is 5.56 Å². The Morgan fingerprint density at radius 3 is 2.46 bits per heavy atom. The average molecular weight is 397 g/mol. The van der Waals surface area contributed by atoms with Crippen LogP contribution in [0.3, 0.4) is 0 Å². The third-order valence-electron chi connectivity index (χ3n) is 4.13. The molecule has 0 aliphatic heterocycles. The van der Waals surface area contributed by atoms with Crippen LogP contribution in [0.1, 0.15) is 49.0 Å². The molecule has 0 atom stereocenters. The molecule has 0 saturated heterocycles. The second kappa shape index (κ2) is 9.57. The van der Waals surface area contributed by atoms with E-state index in [1.807, 2.05) is 25.8 Å². The van der Waals surface area contributed by atoms with Crippen molar-refractivity contribution in [2.75, 3.05) is 20.6 Å². The Labute approximate surface area is 162 Å². The zero-order valence-corrected chi connectivity index (χ0v) is 16.5. The van der Waals surface area contributed by atoms with E-state index in [2.05, 4.69) is 20.4 Å². The van der Waals surface area contributed by atoms with Crippen LogP contribution >= 0.6 is 0 Å². The maximum absolute atomic E-state index is 12.6. The van der Waals surface area contributed by atoms with Gasteiger partial charge >= 0.3 is 6.18 Å². The van der Waals surface area contributed by atoms with Gasteiger partial charge in [-0.1, -0.05) is 31.1 Å². The summed E-state index contributed by atoms with van der Waals surface area (Å²) in [5, 5.41) is 7.16. The van der Waals surface area contributed by atoms with Gasteiger partial charge in [0.25, 0.3) is 0 Å². The van der Waals surface area contributed by atoms with Gasteiger partial charge in [0, 0.05) is 39.5 Å². The molecule has 1 N–H and O–H groups in total. The van der Waals surface area contributed by atoms with Crippen molar-refractivity contribution < 1.29 is 17.7 Å². The van der Waals surface area contributed by atoms with E-state index in [1.54, 1.807) is 7.05 Å². The molecule has 9 heteroatoms. The highest BCUT2D eigenvalue weighted by molar-refractivity contribution is 5.79. The number of benzene rings is 1. The number of rotatable bonds is 7. The molecule has 0 bridgehead atoms. The van der Waals surface area contributed by atoms with Crippen LogP contribution in [-0.2, 0) is 19.1 Å². The van der Waals surface area contributed by atoms with Crippen molar-refractivity contribution in [3.63, 3.8) is 0 Å². The van der Waals surface area contributed by atoms with Crippen LogP contribution in [0.4, 0.5) is 13.2 Å². The fourth-order valence-corrected chi connectivity index (χ4v) is 2.58. The van der Waals surface area contributed by atoms with E-state index in [0.717, 1.165) is 24.1 Å². The van der Waals surface area contributed by atoms with Crippen molar-refractivity contribution in [3.8, 4) is 0 Å². The van der Waals surface area contributed by atoms with Crippen LogP contribution in [0.25, 0.3) is 0 Å². The monoisotopic (exact) mass is 397 g/mol. The molecular formula is C19H26F3N5O. The number of aromatic nitrogens is 2. The van der Waals surface area contributed by atoms with Crippen LogP contribution in [0.5, 0.6) is 0 Å². The molecule has 2 rings (SSSR count). The summed E-state index contributed by atoms with van der Waals surface area (Å²) in [7, 11) is 3.50. The van der Waals surface area contributed by atoms with Crippen molar-refractivity contribution in [2.24, 2.45) is 4.99 Å². The maximum atomic E-state index is 12.6. The third-order valence-corrected chi connectivity index (χ3v) is 4.13. The van der Waals surface area contributed by atoms with Crippen molar-refractivity contribution >= 4 is 5.96 Å². The Hall–Kier alpha value is -2.58. The van der Waals surface area contributed by atoms with Crippen molar-refractivity contribution in [1.29, 1.82) is 0 Å². The van der Waals surface area contributed by atoms with E-state index in [-0.39, 0.29) is 5.92 Å². The molecule has 1 heterocycles. The van der Waals surface area contributed by atoms with Crippen LogP contribution in [0.2, 0.25) is 0 Å². The van der Waals surface area contributed by atoms with Crippen molar-refractivity contribution in [3.05, 3.63) is 47.1 Å². The first-order chi connectivity index (χ1) is 13.2. The highest BCUT2D eigenvalue weighted by Crippen LogP contribution is 2.29. The predicted octanol–water partition coefficient (Wildman–Crippen LogP) is 3.85. The number of hydrogen-bond donors (Lipinski definition) is 1. The summed E-state index contributed by atoms with van der Waals surface area (Å²) in [6.45, 7) is 5.11. The summed E-state index contributed by atoms with van der Waals surface area (Å²) in [4.78, 5) is 10.4. The lowest BCUT2D eigenvalue weighted by Crippen LogP contribution is -2.39. The van der Waals surface area contributed by atoms with Gasteiger partial charge in [0.1, 0.15) is 0 Å². The van der Waals surface area contributed by atoms with E-state index >= 15 is 0 Å². The summed E-state index contributed by atoms with van der Waals surface area (Å²) < 4.78 is 43.1. The minimum atomic E-state index is -4.32. The Kier molecular flexibility index (Phi) is 7.42. The topological polar surface area (TPSA) is 66.5 Å². The largest absolute Gasteiger partial charge is 0.416 e. The first-order valence-corrected chi connectivity index (χ1v) is 9.11. The molecule has 0 amide bonds. The van der Waals surface area contributed by atoms with Gasteiger partial charge in [0.2, 0.25) is 5.89 Å². The number of halogens is 3. The molecule has 1 aromatic carbocycles. The van der Waals surface area contributed by atoms with Gasteiger partial charge in [-0.15, -0.1) is 0 Å². The highest BCUT2D eigenvalue weighted by atomic mass is 19.4. The summed E-state index contributed by atoms with van der Waals surface area (Å²) in [5.41, 5.74) is 0.119. The predicted molar refractivity (Wildman–Crippen MR) is 101 cm³/mol. The van der Waals surface area contributed by atoms with Gasteiger partial charge in [-0.2, -0.15) is 18.2 Å². The van der Waals surface area contributed by atoms with E-state index in [4.69, 9.17) is 4.52 Å². The maximum Gasteiger partial charge on any atom is 0.416 e. The standard InChI is InChI=1S/C19H26F3N5O/c1-13(2)17-25-16(28-26-17)6-5-11-24-18(23-3)27(4)12-14-7-9-15(10-8-14)19(20,21)22/h7-10,13H,5-6,11-12H2,1-4H3,(H,23,24). The minimum Gasteiger partial charge on any atom is -0.356 e. The Morgan fingerprint density at radius 2 is 1.93 bits per heavy atom. The molecular weight excluding hydrogens is 371 g/mol. The SMILES string of the molecule is CN=C(NCCCc1nc(C(C)C)no1)N(C)Cc1ccc(C(F)(F)F)cc1. The van der Waals surface area contributed by atoms with E-state index in [1.165, 1.54) is 12.1 Å². The summed E-state index contributed by atoms with van der Waals surface area (Å²) in [6, 6.07) is 5.15. The summed E-state index contributed by atoms with van der Waals surface area (Å²) in [6.07, 6.45) is -2.88. The van der Waals surface area contributed by atoms with Crippen LogP contribution < -0.4 is 5.32 Å². The molecule has 154 valence electrons. The van der Waals surface area contributed by atoms with Gasteiger partial charge in [-0.25, -0.2) is 0 Å². The lowest BCUT2D eigenvalue weighted by Gasteiger charge is -2.22. The lowest BCUT2D eigenvalue weighted by atomic mass is 10.1. The molecule has 0 aliphatic rings. The number of aryl methyl sites for hydroxylation is 1. The summed E-state index contributed by atoms with van der Waals surface area (Å²) in [5.74, 6) is 2.20. The number of aliphatic imine (C=N–C) groups is 1. The molecule has 0 aliphatic carbocycles. The van der Waals surface area contributed by atoms with Crippen molar-refractivity contribution in [2.45, 2.75) is 45.3 Å². The number of alkyl halides is 3. The first kappa shape index (κ1) is 21.7. The van der Waals surface area contributed by atoms with Gasteiger partial charge < -0.3 is 14.7 Å². The highest BCUT2D eigenvalue weighted by Gasteiger charge is 2.29. The number of hydrogen-bond acceptors (Lipinski definition) is 4. The smallest absolute Gasteiger partial charge is 0.356 e. The Balaban J connectivity index is 1.80. The van der Waals surface area contributed by atoms with E-state index < -0.39 is 11.7 Å². The molecule has 2 aromatic rings. The molecule has 0 spiro atoms. The van der Waals surface area contributed by atoms with Gasteiger partial charge in [-0.05, 0) is 24.1 Å². The molecule has 1 aromatic heterocycles.